The van der Waals surface area contributed by atoms with Crippen LogP contribution in [0.3, 0.4) is 0 Å². The number of nitrogens with one attached hydrogen (secondary N) is 2. The van der Waals surface area contributed by atoms with Gasteiger partial charge >= 0.3 is 6.03 Å². The van der Waals surface area contributed by atoms with Crippen molar-refractivity contribution in [3.05, 3.63) is 48.0 Å². The van der Waals surface area contributed by atoms with Gasteiger partial charge in [-0.1, -0.05) is 37.3 Å². The van der Waals surface area contributed by atoms with Gasteiger partial charge in [-0.05, 0) is 17.9 Å². The van der Waals surface area contributed by atoms with Crippen LogP contribution in [0, 0.1) is 5.92 Å². The number of rotatable bonds is 5. The van der Waals surface area contributed by atoms with Crippen LogP contribution >= 0.6 is 0 Å². The predicted molar refractivity (Wildman–Crippen MR) is 95.7 cm³/mol. The molecule has 0 saturated carbocycles. The van der Waals surface area contributed by atoms with E-state index in [1.54, 1.807) is 4.68 Å². The summed E-state index contributed by atoms with van der Waals surface area (Å²) in [6, 6.07) is 10.6. The van der Waals surface area contributed by atoms with Crippen molar-refractivity contribution >= 4 is 6.03 Å². The molecular formula is C18H26N6O. The minimum absolute atomic E-state index is 0.142. The smallest absolute Gasteiger partial charge is 0.315 e. The van der Waals surface area contributed by atoms with Gasteiger partial charge in [0, 0.05) is 32.7 Å². The Labute approximate surface area is 148 Å². The Bertz CT molecular complexity index is 686. The molecule has 2 N–H and O–H groups in total. The summed E-state index contributed by atoms with van der Waals surface area (Å²) in [5.74, 6) is 1.15. The van der Waals surface area contributed by atoms with Gasteiger partial charge < -0.3 is 10.6 Å². The summed E-state index contributed by atoms with van der Waals surface area (Å²) in [5, 5.41) is 9.95. The molecule has 2 aromatic rings. The number of carbonyl (C=O) groups excluding carboxylic acids is 1. The zero-order valence-electron chi connectivity index (χ0n) is 14.9. The Morgan fingerprint density at radius 2 is 2.12 bits per heavy atom. The molecule has 7 heteroatoms. The molecule has 2 atom stereocenters. The Kier molecular flexibility index (Phi) is 5.65. The molecule has 1 aliphatic heterocycles. The minimum atomic E-state index is -0.142. The van der Waals surface area contributed by atoms with Crippen LogP contribution < -0.4 is 10.6 Å². The number of piperidine rings is 1. The molecule has 1 aromatic heterocycles. The van der Waals surface area contributed by atoms with Crippen molar-refractivity contribution in [1.82, 2.24) is 30.3 Å². The minimum Gasteiger partial charge on any atom is -0.335 e. The second-order valence-corrected chi connectivity index (χ2v) is 6.72. The van der Waals surface area contributed by atoms with Gasteiger partial charge in [-0.25, -0.2) is 9.78 Å². The first kappa shape index (κ1) is 17.4. The number of aromatic nitrogens is 3. The number of amides is 2. The van der Waals surface area contributed by atoms with E-state index in [0.717, 1.165) is 31.9 Å². The molecule has 1 aromatic carbocycles. The topological polar surface area (TPSA) is 75.1 Å². The average Bonchev–Trinajstić information content (AvgIpc) is 3.01. The zero-order valence-corrected chi connectivity index (χ0v) is 14.9. The normalized spacial score (nSPS) is 21.0. The van der Waals surface area contributed by atoms with Gasteiger partial charge in [-0.15, -0.1) is 0 Å². The highest BCUT2D eigenvalue weighted by molar-refractivity contribution is 5.74. The van der Waals surface area contributed by atoms with Gasteiger partial charge in [-0.3, -0.25) is 9.58 Å². The fourth-order valence-electron chi connectivity index (χ4n) is 3.29. The van der Waals surface area contributed by atoms with Crippen molar-refractivity contribution in [2.75, 3.05) is 13.1 Å². The van der Waals surface area contributed by atoms with Crippen molar-refractivity contribution in [3.63, 3.8) is 0 Å². The maximum Gasteiger partial charge on any atom is 0.315 e. The van der Waals surface area contributed by atoms with E-state index in [1.807, 2.05) is 13.1 Å². The summed E-state index contributed by atoms with van der Waals surface area (Å²) in [6.07, 6.45) is 2.45. The summed E-state index contributed by atoms with van der Waals surface area (Å²) >= 11 is 0. The van der Waals surface area contributed by atoms with Crippen LogP contribution in [0.1, 0.15) is 24.7 Å². The predicted octanol–water partition coefficient (Wildman–Crippen LogP) is 1.52. The first-order valence-corrected chi connectivity index (χ1v) is 8.75. The summed E-state index contributed by atoms with van der Waals surface area (Å²) < 4.78 is 1.66. The van der Waals surface area contributed by atoms with Crippen molar-refractivity contribution in [3.8, 4) is 0 Å². The molecule has 25 heavy (non-hydrogen) atoms. The van der Waals surface area contributed by atoms with Crippen LogP contribution in [0.4, 0.5) is 4.79 Å². The van der Waals surface area contributed by atoms with E-state index in [2.05, 4.69) is 56.8 Å². The number of likely N-dealkylation sites (tertiary alicyclic amines) is 1. The summed E-state index contributed by atoms with van der Waals surface area (Å²) in [6.45, 7) is 5.53. The molecule has 0 bridgehead atoms. The SMILES string of the molecule is C[C@H]1CN(Cc2ccccc2)CC[C@@H]1NC(=O)NCc1ncnn1C. The molecule has 0 radical (unpaired) electrons. The lowest BCUT2D eigenvalue weighted by atomic mass is 9.93. The Hall–Kier alpha value is -2.41. The third kappa shape index (κ3) is 4.79. The Morgan fingerprint density at radius 3 is 2.80 bits per heavy atom. The van der Waals surface area contributed by atoms with Crippen LogP contribution in [0.25, 0.3) is 0 Å². The molecule has 3 rings (SSSR count). The second-order valence-electron chi connectivity index (χ2n) is 6.72. The highest BCUT2D eigenvalue weighted by Crippen LogP contribution is 2.18. The van der Waals surface area contributed by atoms with E-state index in [9.17, 15) is 4.79 Å². The quantitative estimate of drug-likeness (QED) is 0.864. The van der Waals surface area contributed by atoms with E-state index >= 15 is 0 Å². The number of hydrogen-bond donors (Lipinski definition) is 2. The van der Waals surface area contributed by atoms with Gasteiger partial charge in [0.2, 0.25) is 0 Å². The van der Waals surface area contributed by atoms with E-state index < -0.39 is 0 Å². The monoisotopic (exact) mass is 342 g/mol. The number of aryl methyl sites for hydroxylation is 1. The number of carbonyl (C=O) groups is 1. The molecule has 2 heterocycles. The van der Waals surface area contributed by atoms with Gasteiger partial charge in [-0.2, -0.15) is 5.10 Å². The first-order valence-electron chi connectivity index (χ1n) is 8.75. The third-order valence-electron chi connectivity index (χ3n) is 4.77. The van der Waals surface area contributed by atoms with Crippen LogP contribution in [0.2, 0.25) is 0 Å². The van der Waals surface area contributed by atoms with E-state index in [-0.39, 0.29) is 12.1 Å². The maximum absolute atomic E-state index is 12.1. The summed E-state index contributed by atoms with van der Waals surface area (Å²) in [4.78, 5) is 18.7. The molecule has 0 spiro atoms. The summed E-state index contributed by atoms with van der Waals surface area (Å²) in [5.41, 5.74) is 1.34. The van der Waals surface area contributed by atoms with Crippen LogP contribution in [0.15, 0.2) is 36.7 Å². The van der Waals surface area contributed by atoms with E-state index in [1.165, 1.54) is 11.9 Å². The largest absolute Gasteiger partial charge is 0.335 e. The van der Waals surface area contributed by atoms with Crippen molar-refractivity contribution in [2.24, 2.45) is 13.0 Å². The lowest BCUT2D eigenvalue weighted by molar-refractivity contribution is 0.142. The first-order chi connectivity index (χ1) is 12.1. The van der Waals surface area contributed by atoms with Crippen molar-refractivity contribution in [2.45, 2.75) is 32.5 Å². The highest BCUT2D eigenvalue weighted by atomic mass is 16.2. The highest BCUT2D eigenvalue weighted by Gasteiger charge is 2.27. The van der Waals surface area contributed by atoms with Crippen molar-refractivity contribution in [1.29, 1.82) is 0 Å². The van der Waals surface area contributed by atoms with Crippen LogP contribution in [0.5, 0.6) is 0 Å². The maximum atomic E-state index is 12.1. The second kappa shape index (κ2) is 8.11. The molecule has 1 aliphatic rings. The molecule has 0 unspecified atom stereocenters. The number of urea groups is 1. The van der Waals surface area contributed by atoms with E-state index in [4.69, 9.17) is 0 Å². The lowest BCUT2D eigenvalue weighted by Crippen LogP contribution is -2.52. The lowest BCUT2D eigenvalue weighted by Gasteiger charge is -2.37. The standard InChI is InChI=1S/C18H26N6O/c1-14-11-24(12-15-6-4-3-5-7-15)9-8-16(14)22-18(25)19-10-17-20-13-21-23(17)2/h3-7,13-14,16H,8-12H2,1-2H3,(H2,19,22,25)/t14-,16-/m0/s1. The molecule has 1 fully saturated rings. The van der Waals surface area contributed by atoms with Gasteiger partial charge in [0.1, 0.15) is 12.2 Å². The third-order valence-corrected chi connectivity index (χ3v) is 4.77. The molecule has 7 nitrogen and oxygen atoms in total. The van der Waals surface area contributed by atoms with Gasteiger partial charge in [0.15, 0.2) is 0 Å². The molecule has 2 amide bonds. The van der Waals surface area contributed by atoms with Crippen LogP contribution in [-0.2, 0) is 20.1 Å². The zero-order chi connectivity index (χ0) is 17.6. The van der Waals surface area contributed by atoms with Gasteiger partial charge in [0.05, 0.1) is 6.54 Å². The Balaban J connectivity index is 1.43. The van der Waals surface area contributed by atoms with Gasteiger partial charge in [0.25, 0.3) is 0 Å². The Morgan fingerprint density at radius 1 is 1.32 bits per heavy atom. The average molecular weight is 342 g/mol. The number of hydrogen-bond acceptors (Lipinski definition) is 4. The number of nitrogens with zero attached hydrogens (tertiary/aromatic N) is 4. The van der Waals surface area contributed by atoms with Crippen LogP contribution in [-0.4, -0.2) is 44.8 Å². The van der Waals surface area contributed by atoms with Crippen molar-refractivity contribution < 1.29 is 4.79 Å². The fraction of sp³-hybridized carbons (Fsp3) is 0.500. The van der Waals surface area contributed by atoms with E-state index in [0.29, 0.717) is 12.5 Å². The molecule has 134 valence electrons. The summed E-state index contributed by atoms with van der Waals surface area (Å²) in [7, 11) is 1.81. The molecular weight excluding hydrogens is 316 g/mol. The number of benzene rings is 1. The molecule has 1 saturated heterocycles. The fourth-order valence-corrected chi connectivity index (χ4v) is 3.29. The molecule has 0 aliphatic carbocycles.